The summed E-state index contributed by atoms with van der Waals surface area (Å²) < 4.78 is 38.2. The van der Waals surface area contributed by atoms with Gasteiger partial charge in [-0.1, -0.05) is 30.8 Å². The van der Waals surface area contributed by atoms with Crippen LogP contribution in [0, 0.1) is 11.6 Å². The second kappa shape index (κ2) is 11.9. The average Bonchev–Trinajstić information content (AvgIpc) is 3.69. The normalized spacial score (nSPS) is 14.4. The van der Waals surface area contributed by atoms with Gasteiger partial charge >= 0.3 is 0 Å². The zero-order chi connectivity index (χ0) is 32.0. The molecule has 0 N–H and O–H groups in total. The second-order valence-electron chi connectivity index (χ2n) is 11.1. The highest BCUT2D eigenvalue weighted by Gasteiger charge is 2.31. The lowest BCUT2D eigenvalue weighted by Crippen LogP contribution is -2.40. The molecule has 0 radical (unpaired) electrons. The standard InChI is InChI=1S/C34H31F2N5O3S/c1-6-28(42)40-12-13-41-26(19(40)2)18-25(38-41)33-31(30-24(36)16-22(35)17-27(30)44-5)34-23(11-14-45-34)32(37-33)21-9-7-20(8-10-21)15-29(43)39(3)4/h6-11,14,16-19H,1,12-13,15H2,2-5H3/t19-/m1/s1. The van der Waals surface area contributed by atoms with E-state index < -0.39 is 11.6 Å². The number of nitrogens with zero attached hydrogens (tertiary/aromatic N) is 5. The molecule has 2 amide bonds. The molecule has 0 aliphatic carbocycles. The first kappa shape index (κ1) is 30.1. The van der Waals surface area contributed by atoms with Crippen molar-refractivity contribution in [3.05, 3.63) is 89.5 Å². The third-order valence-electron chi connectivity index (χ3n) is 8.14. The van der Waals surface area contributed by atoms with E-state index >= 15 is 4.39 Å². The monoisotopic (exact) mass is 627 g/mol. The number of amides is 2. The third kappa shape index (κ3) is 5.37. The van der Waals surface area contributed by atoms with Gasteiger partial charge in [-0.3, -0.25) is 14.3 Å². The fourth-order valence-corrected chi connectivity index (χ4v) is 6.71. The van der Waals surface area contributed by atoms with Crippen LogP contribution in [-0.2, 0) is 22.6 Å². The van der Waals surface area contributed by atoms with E-state index in [1.165, 1.54) is 24.5 Å². The minimum atomic E-state index is -0.785. The van der Waals surface area contributed by atoms with Crippen LogP contribution in [0.4, 0.5) is 8.78 Å². The number of benzene rings is 2. The van der Waals surface area contributed by atoms with E-state index in [-0.39, 0.29) is 35.6 Å². The first-order chi connectivity index (χ1) is 21.6. The van der Waals surface area contributed by atoms with Crippen LogP contribution >= 0.6 is 11.3 Å². The van der Waals surface area contributed by atoms with E-state index in [0.717, 1.165) is 39.0 Å². The molecule has 0 spiro atoms. The maximum atomic E-state index is 15.8. The largest absolute Gasteiger partial charge is 0.496 e. The fourth-order valence-electron chi connectivity index (χ4n) is 5.77. The molecule has 5 aromatic rings. The summed E-state index contributed by atoms with van der Waals surface area (Å²) in [6, 6.07) is 13.1. The highest BCUT2D eigenvalue weighted by molar-refractivity contribution is 7.18. The molecule has 1 aliphatic heterocycles. The van der Waals surface area contributed by atoms with E-state index in [9.17, 15) is 14.0 Å². The molecule has 0 saturated carbocycles. The smallest absolute Gasteiger partial charge is 0.246 e. The Balaban J connectivity index is 1.58. The topological polar surface area (TPSA) is 80.6 Å². The number of aromatic nitrogens is 3. The quantitative estimate of drug-likeness (QED) is 0.193. The predicted octanol–water partition coefficient (Wildman–Crippen LogP) is 6.50. The summed E-state index contributed by atoms with van der Waals surface area (Å²) in [7, 11) is 4.81. The highest BCUT2D eigenvalue weighted by atomic mass is 32.1. The molecule has 230 valence electrons. The Bertz CT molecular complexity index is 1960. The van der Waals surface area contributed by atoms with Crippen LogP contribution in [0.5, 0.6) is 5.75 Å². The number of thiophene rings is 1. The zero-order valence-electron chi connectivity index (χ0n) is 25.3. The Morgan fingerprint density at radius 1 is 1.09 bits per heavy atom. The van der Waals surface area contributed by atoms with Crippen molar-refractivity contribution in [1.82, 2.24) is 24.6 Å². The molecule has 8 nitrogen and oxygen atoms in total. The molecule has 0 fully saturated rings. The highest BCUT2D eigenvalue weighted by Crippen LogP contribution is 2.47. The molecular formula is C34H31F2N5O3S. The summed E-state index contributed by atoms with van der Waals surface area (Å²) in [6.07, 6.45) is 1.57. The third-order valence-corrected chi connectivity index (χ3v) is 9.07. The van der Waals surface area contributed by atoms with E-state index in [4.69, 9.17) is 14.8 Å². The van der Waals surface area contributed by atoms with Crippen LogP contribution in [-0.4, -0.2) is 64.1 Å². The van der Waals surface area contributed by atoms with Crippen molar-refractivity contribution in [3.63, 3.8) is 0 Å². The summed E-state index contributed by atoms with van der Waals surface area (Å²) in [4.78, 5) is 33.2. The second-order valence-corrected chi connectivity index (χ2v) is 12.0. The summed E-state index contributed by atoms with van der Waals surface area (Å²) in [6.45, 7) is 6.47. The van der Waals surface area contributed by atoms with Crippen molar-refractivity contribution in [3.8, 4) is 39.5 Å². The zero-order valence-corrected chi connectivity index (χ0v) is 26.1. The Morgan fingerprint density at radius 3 is 2.53 bits per heavy atom. The molecule has 0 unspecified atom stereocenters. The molecule has 0 saturated heterocycles. The molecule has 4 heterocycles. The van der Waals surface area contributed by atoms with Crippen molar-refractivity contribution >= 4 is 33.2 Å². The van der Waals surface area contributed by atoms with Crippen molar-refractivity contribution < 1.29 is 23.1 Å². The Hall–Kier alpha value is -4.90. The minimum Gasteiger partial charge on any atom is -0.496 e. The number of hydrogen-bond donors (Lipinski definition) is 0. The lowest BCUT2D eigenvalue weighted by atomic mass is 9.96. The number of pyridine rings is 1. The van der Waals surface area contributed by atoms with Gasteiger partial charge in [0.15, 0.2) is 0 Å². The Kier molecular flexibility index (Phi) is 7.96. The molecule has 2 aromatic carbocycles. The molecule has 6 rings (SSSR count). The van der Waals surface area contributed by atoms with E-state index in [2.05, 4.69) is 6.58 Å². The first-order valence-electron chi connectivity index (χ1n) is 14.4. The minimum absolute atomic E-state index is 0.00524. The van der Waals surface area contributed by atoms with Crippen molar-refractivity contribution in [1.29, 1.82) is 0 Å². The van der Waals surface area contributed by atoms with Gasteiger partial charge in [0.05, 0.1) is 43.1 Å². The fraction of sp³-hybridized carbons (Fsp3) is 0.235. The van der Waals surface area contributed by atoms with Gasteiger partial charge < -0.3 is 14.5 Å². The van der Waals surface area contributed by atoms with Crippen LogP contribution in [0.25, 0.3) is 43.9 Å². The molecule has 3 aromatic heterocycles. The maximum absolute atomic E-state index is 15.8. The number of likely N-dealkylation sites (N-methyl/N-ethyl adjacent to an activating group) is 1. The van der Waals surface area contributed by atoms with Crippen LogP contribution < -0.4 is 4.74 Å². The summed E-state index contributed by atoms with van der Waals surface area (Å²) in [5.74, 6) is -1.69. The van der Waals surface area contributed by atoms with E-state index in [1.54, 1.807) is 23.9 Å². The molecule has 1 aliphatic rings. The number of carbonyl (C=O) groups is 2. The summed E-state index contributed by atoms with van der Waals surface area (Å²) >= 11 is 1.41. The molecule has 0 bridgehead atoms. The van der Waals surface area contributed by atoms with Gasteiger partial charge in [-0.05, 0) is 36.1 Å². The molecule has 1 atom stereocenters. The number of carbonyl (C=O) groups excluding carboxylic acids is 2. The summed E-state index contributed by atoms with van der Waals surface area (Å²) in [5.41, 5.74) is 4.52. The predicted molar refractivity (Wildman–Crippen MR) is 171 cm³/mol. The van der Waals surface area contributed by atoms with Gasteiger partial charge in [0, 0.05) is 54.0 Å². The lowest BCUT2D eigenvalue weighted by molar-refractivity contribution is -0.129. The number of methoxy groups -OCH3 is 1. The average molecular weight is 628 g/mol. The number of hydrogen-bond acceptors (Lipinski definition) is 6. The Labute approximate surface area is 263 Å². The first-order valence-corrected chi connectivity index (χ1v) is 15.2. The van der Waals surface area contributed by atoms with Gasteiger partial charge in [-0.2, -0.15) is 5.10 Å². The van der Waals surface area contributed by atoms with Crippen LogP contribution in [0.1, 0.15) is 24.2 Å². The SMILES string of the molecule is C=CC(=O)N1CCn2nc(-c3nc(-c4ccc(CC(=O)N(C)C)cc4)c4ccsc4c3-c3c(F)cc(F)cc3OC)cc2[C@H]1C. The van der Waals surface area contributed by atoms with Gasteiger partial charge in [0.25, 0.3) is 0 Å². The molecular weight excluding hydrogens is 596 g/mol. The van der Waals surface area contributed by atoms with Crippen LogP contribution in [0.15, 0.2) is 66.6 Å². The number of fused-ring (bicyclic) bond motifs is 2. The van der Waals surface area contributed by atoms with Gasteiger partial charge in [0.2, 0.25) is 11.8 Å². The van der Waals surface area contributed by atoms with Crippen molar-refractivity contribution in [2.75, 3.05) is 27.7 Å². The number of halogens is 2. The van der Waals surface area contributed by atoms with Crippen molar-refractivity contribution in [2.45, 2.75) is 25.9 Å². The van der Waals surface area contributed by atoms with Gasteiger partial charge in [-0.25, -0.2) is 13.8 Å². The Morgan fingerprint density at radius 2 is 1.84 bits per heavy atom. The van der Waals surface area contributed by atoms with Crippen LogP contribution in [0.3, 0.4) is 0 Å². The number of rotatable bonds is 7. The van der Waals surface area contributed by atoms with Gasteiger partial charge in [0.1, 0.15) is 28.8 Å². The molecule has 45 heavy (non-hydrogen) atoms. The van der Waals surface area contributed by atoms with Crippen LogP contribution in [0.2, 0.25) is 0 Å². The lowest BCUT2D eigenvalue weighted by Gasteiger charge is -2.33. The summed E-state index contributed by atoms with van der Waals surface area (Å²) in [5, 5.41) is 7.57. The number of ether oxygens (including phenoxy) is 1. The van der Waals surface area contributed by atoms with Gasteiger partial charge in [-0.15, -0.1) is 11.3 Å². The van der Waals surface area contributed by atoms with E-state index in [0.29, 0.717) is 35.7 Å². The maximum Gasteiger partial charge on any atom is 0.246 e. The van der Waals surface area contributed by atoms with E-state index in [1.807, 2.05) is 53.4 Å². The van der Waals surface area contributed by atoms with Crippen molar-refractivity contribution in [2.24, 2.45) is 0 Å². The molecule has 11 heteroatoms.